The van der Waals surface area contributed by atoms with E-state index >= 15 is 0 Å². The third-order valence-corrected chi connectivity index (χ3v) is 6.03. The van der Waals surface area contributed by atoms with Gasteiger partial charge in [0.05, 0.1) is 0 Å². The van der Waals surface area contributed by atoms with Crippen molar-refractivity contribution in [3.8, 4) is 5.75 Å². The number of hydrogen-bond donors (Lipinski definition) is 3. The summed E-state index contributed by atoms with van der Waals surface area (Å²) in [6.07, 6.45) is 7.33. The molecule has 1 saturated heterocycles. The number of anilines is 3. The van der Waals surface area contributed by atoms with Crippen molar-refractivity contribution in [2.45, 2.75) is 44.9 Å². The average molecular weight is 465 g/mol. The summed E-state index contributed by atoms with van der Waals surface area (Å²) in [5.74, 6) is 1.77. The Morgan fingerprint density at radius 1 is 0.765 bits per heavy atom. The van der Waals surface area contributed by atoms with Gasteiger partial charge in [-0.2, -0.15) is 15.0 Å². The predicted octanol–water partition coefficient (Wildman–Crippen LogP) is 4.80. The molecule has 1 fully saturated rings. The van der Waals surface area contributed by atoms with Gasteiger partial charge in [-0.1, -0.05) is 49.6 Å². The van der Waals surface area contributed by atoms with Crippen molar-refractivity contribution in [2.75, 3.05) is 41.7 Å². The van der Waals surface area contributed by atoms with Gasteiger partial charge in [-0.15, -0.1) is 0 Å². The second-order valence-electron chi connectivity index (χ2n) is 8.65. The molecule has 2 heterocycles. The van der Waals surface area contributed by atoms with Gasteiger partial charge in [0.25, 0.3) is 0 Å². The molecule has 1 aliphatic heterocycles. The Morgan fingerprint density at radius 3 is 2.06 bits per heavy atom. The molecule has 180 valence electrons. The van der Waals surface area contributed by atoms with E-state index < -0.39 is 0 Å². The van der Waals surface area contributed by atoms with Crippen molar-refractivity contribution in [3.63, 3.8) is 0 Å². The first-order valence-electron chi connectivity index (χ1n) is 12.2. The van der Waals surface area contributed by atoms with Crippen LogP contribution >= 0.6 is 0 Å². The lowest BCUT2D eigenvalue weighted by Gasteiger charge is -2.25. The standard InChI is InChI=1S/C26H33FN6O/c27-23-9-5-4-8-21(23)15-17-29-25-30-24(28-16-14-20-10-12-22(34)13-11-20)31-26(32-25)33-18-6-2-1-3-7-19-33/h4-5,8-13,34H,1-3,6-7,14-19H2,(H2,28,29,30,31,32). The minimum absolute atomic E-state index is 0.196. The number of phenolic OH excluding ortho intramolecular Hbond substituents is 1. The zero-order valence-corrected chi connectivity index (χ0v) is 19.5. The molecule has 3 aromatic rings. The maximum Gasteiger partial charge on any atom is 0.231 e. The van der Waals surface area contributed by atoms with E-state index in [2.05, 4.69) is 25.5 Å². The number of halogens is 1. The number of nitrogens with one attached hydrogen (secondary N) is 2. The number of hydrogen-bond acceptors (Lipinski definition) is 7. The summed E-state index contributed by atoms with van der Waals surface area (Å²) in [5, 5.41) is 16.0. The van der Waals surface area contributed by atoms with E-state index in [4.69, 9.17) is 4.98 Å². The smallest absolute Gasteiger partial charge is 0.231 e. The molecule has 0 atom stereocenters. The summed E-state index contributed by atoms with van der Waals surface area (Å²) in [5.41, 5.74) is 1.78. The molecule has 0 aliphatic carbocycles. The fourth-order valence-corrected chi connectivity index (χ4v) is 4.10. The van der Waals surface area contributed by atoms with E-state index in [-0.39, 0.29) is 11.6 Å². The normalized spacial score (nSPS) is 14.3. The SMILES string of the molecule is Oc1ccc(CCNc2nc(NCCc3ccccc3F)nc(N3CCCCCCC3)n2)cc1. The fourth-order valence-electron chi connectivity index (χ4n) is 4.10. The molecule has 34 heavy (non-hydrogen) atoms. The maximum absolute atomic E-state index is 14.0. The van der Waals surface area contributed by atoms with Crippen molar-refractivity contribution < 1.29 is 9.50 Å². The first-order chi connectivity index (χ1) is 16.7. The zero-order valence-electron chi connectivity index (χ0n) is 19.5. The Hall–Kier alpha value is -3.42. The van der Waals surface area contributed by atoms with Crippen LogP contribution in [-0.2, 0) is 12.8 Å². The third kappa shape index (κ3) is 7.04. The lowest BCUT2D eigenvalue weighted by molar-refractivity contribution is 0.475. The van der Waals surface area contributed by atoms with Gasteiger partial charge in [0.2, 0.25) is 17.8 Å². The molecular weight excluding hydrogens is 431 g/mol. The number of rotatable bonds is 9. The van der Waals surface area contributed by atoms with E-state index in [0.29, 0.717) is 42.9 Å². The molecule has 1 aromatic heterocycles. The summed E-state index contributed by atoms with van der Waals surface area (Å²) < 4.78 is 14.0. The molecule has 4 rings (SSSR count). The first-order valence-corrected chi connectivity index (χ1v) is 12.2. The van der Waals surface area contributed by atoms with E-state index in [0.717, 1.165) is 37.9 Å². The molecular formula is C26H33FN6O. The van der Waals surface area contributed by atoms with Gasteiger partial charge in [0, 0.05) is 26.2 Å². The molecule has 0 spiro atoms. The van der Waals surface area contributed by atoms with Crippen molar-refractivity contribution >= 4 is 17.8 Å². The van der Waals surface area contributed by atoms with Crippen LogP contribution in [-0.4, -0.2) is 46.2 Å². The second kappa shape index (κ2) is 12.2. The summed E-state index contributed by atoms with van der Waals surface area (Å²) >= 11 is 0. The highest BCUT2D eigenvalue weighted by atomic mass is 19.1. The van der Waals surface area contributed by atoms with Crippen molar-refractivity contribution in [1.29, 1.82) is 0 Å². The quantitative estimate of drug-likeness (QED) is 0.419. The van der Waals surface area contributed by atoms with Crippen molar-refractivity contribution in [1.82, 2.24) is 15.0 Å². The number of phenols is 1. The summed E-state index contributed by atoms with van der Waals surface area (Å²) in [6.45, 7) is 3.05. The van der Waals surface area contributed by atoms with E-state index in [9.17, 15) is 9.50 Å². The molecule has 0 saturated carbocycles. The van der Waals surface area contributed by atoms with E-state index in [1.165, 1.54) is 25.3 Å². The Balaban J connectivity index is 1.44. The van der Waals surface area contributed by atoms with Gasteiger partial charge >= 0.3 is 0 Å². The maximum atomic E-state index is 14.0. The van der Waals surface area contributed by atoms with Crippen LogP contribution in [0.15, 0.2) is 48.5 Å². The van der Waals surface area contributed by atoms with E-state index in [1.807, 2.05) is 18.2 Å². The van der Waals surface area contributed by atoms with Gasteiger partial charge in [-0.25, -0.2) is 4.39 Å². The third-order valence-electron chi connectivity index (χ3n) is 6.03. The highest BCUT2D eigenvalue weighted by Crippen LogP contribution is 2.19. The number of benzene rings is 2. The van der Waals surface area contributed by atoms with Crippen LogP contribution in [0.4, 0.5) is 22.2 Å². The minimum Gasteiger partial charge on any atom is -0.508 e. The molecule has 0 bridgehead atoms. The summed E-state index contributed by atoms with van der Waals surface area (Å²) in [4.78, 5) is 16.2. The van der Waals surface area contributed by atoms with Gasteiger partial charge in [-0.05, 0) is 55.0 Å². The molecule has 2 aromatic carbocycles. The lowest BCUT2D eigenvalue weighted by Crippen LogP contribution is -2.29. The summed E-state index contributed by atoms with van der Waals surface area (Å²) in [6, 6.07) is 14.0. The first kappa shape index (κ1) is 23.7. The topological polar surface area (TPSA) is 86.2 Å². The van der Waals surface area contributed by atoms with Crippen LogP contribution in [0, 0.1) is 5.82 Å². The Bertz CT molecular complexity index is 1040. The monoisotopic (exact) mass is 464 g/mol. The second-order valence-corrected chi connectivity index (χ2v) is 8.65. The molecule has 0 unspecified atom stereocenters. The number of aromatic hydroxyl groups is 1. The van der Waals surface area contributed by atoms with Gasteiger partial charge in [0.1, 0.15) is 11.6 Å². The van der Waals surface area contributed by atoms with Crippen LogP contribution in [0.5, 0.6) is 5.75 Å². The largest absolute Gasteiger partial charge is 0.508 e. The van der Waals surface area contributed by atoms with Gasteiger partial charge in [0.15, 0.2) is 0 Å². The zero-order chi connectivity index (χ0) is 23.6. The highest BCUT2D eigenvalue weighted by Gasteiger charge is 2.15. The highest BCUT2D eigenvalue weighted by molar-refractivity contribution is 5.44. The Kier molecular flexibility index (Phi) is 8.48. The number of aromatic nitrogens is 3. The molecule has 3 N–H and O–H groups in total. The Labute approximate surface area is 200 Å². The molecule has 0 radical (unpaired) electrons. The molecule has 8 heteroatoms. The lowest BCUT2D eigenvalue weighted by atomic mass is 10.1. The van der Waals surface area contributed by atoms with Crippen LogP contribution < -0.4 is 15.5 Å². The van der Waals surface area contributed by atoms with Crippen molar-refractivity contribution in [2.24, 2.45) is 0 Å². The van der Waals surface area contributed by atoms with Gasteiger partial charge in [-0.3, -0.25) is 0 Å². The van der Waals surface area contributed by atoms with Crippen LogP contribution in [0.3, 0.4) is 0 Å². The van der Waals surface area contributed by atoms with Crippen LogP contribution in [0.2, 0.25) is 0 Å². The van der Waals surface area contributed by atoms with Crippen molar-refractivity contribution in [3.05, 3.63) is 65.5 Å². The molecule has 7 nitrogen and oxygen atoms in total. The Morgan fingerprint density at radius 2 is 1.38 bits per heavy atom. The van der Waals surface area contributed by atoms with E-state index in [1.54, 1.807) is 24.3 Å². The van der Waals surface area contributed by atoms with Gasteiger partial charge < -0.3 is 20.6 Å². The van der Waals surface area contributed by atoms with Crippen LogP contribution in [0.25, 0.3) is 0 Å². The fraction of sp³-hybridized carbons (Fsp3) is 0.423. The average Bonchev–Trinajstić information content (AvgIpc) is 2.81. The minimum atomic E-state index is -0.196. The van der Waals surface area contributed by atoms with Crippen LogP contribution in [0.1, 0.15) is 43.2 Å². The molecule has 0 amide bonds. The number of nitrogens with zero attached hydrogens (tertiary/aromatic N) is 4. The predicted molar refractivity (Wildman–Crippen MR) is 134 cm³/mol. The summed E-state index contributed by atoms with van der Waals surface area (Å²) in [7, 11) is 0. The molecule has 1 aliphatic rings.